The number of phenolic OH excluding ortho intramolecular Hbond substituents is 1. The Morgan fingerprint density at radius 2 is 1.42 bits per heavy atom. The molecule has 0 aliphatic rings. The summed E-state index contributed by atoms with van der Waals surface area (Å²) in [5.41, 5.74) is 1.44. The van der Waals surface area contributed by atoms with Gasteiger partial charge in [-0.1, -0.05) is 63.2 Å². The molecule has 0 radical (unpaired) electrons. The van der Waals surface area contributed by atoms with Crippen LogP contribution < -0.4 is 10.6 Å². The van der Waals surface area contributed by atoms with Gasteiger partial charge in [0.1, 0.15) is 18.1 Å². The molecule has 11 heteroatoms. The van der Waals surface area contributed by atoms with Crippen molar-refractivity contribution in [1.29, 1.82) is 0 Å². The van der Waals surface area contributed by atoms with Gasteiger partial charge in [-0.3, -0.25) is 24.0 Å². The van der Waals surface area contributed by atoms with E-state index in [0.717, 1.165) is 5.56 Å². The van der Waals surface area contributed by atoms with Gasteiger partial charge in [0.05, 0.1) is 25.6 Å². The number of ether oxygens (including phenoxy) is 2. The number of carbonyl (C=O) groups is 6. The van der Waals surface area contributed by atoms with Crippen molar-refractivity contribution >= 4 is 35.3 Å². The molecule has 45 heavy (non-hydrogen) atoms. The second kappa shape index (κ2) is 18.3. The zero-order chi connectivity index (χ0) is 33.5. The van der Waals surface area contributed by atoms with E-state index in [-0.39, 0.29) is 56.2 Å². The summed E-state index contributed by atoms with van der Waals surface area (Å²) < 4.78 is 9.97. The predicted octanol–water partition coefficient (Wildman–Crippen LogP) is 4.08. The highest BCUT2D eigenvalue weighted by atomic mass is 16.5. The summed E-state index contributed by atoms with van der Waals surface area (Å²) in [5.74, 6) is -4.18. The molecule has 0 aromatic heterocycles. The largest absolute Gasteiger partial charge is 0.508 e. The predicted molar refractivity (Wildman–Crippen MR) is 166 cm³/mol. The first kappa shape index (κ1) is 36.7. The quantitative estimate of drug-likeness (QED) is 0.207. The number of phenols is 1. The van der Waals surface area contributed by atoms with Crippen LogP contribution in [0, 0.1) is 17.8 Å². The molecule has 0 aliphatic carbocycles. The maximum atomic E-state index is 13.6. The first-order valence-corrected chi connectivity index (χ1v) is 15.0. The average molecular weight is 625 g/mol. The lowest BCUT2D eigenvalue weighted by Crippen LogP contribution is -2.47. The Bertz CT molecular complexity index is 1310. The number of hydrogen-bond acceptors (Lipinski definition) is 9. The van der Waals surface area contributed by atoms with Crippen LogP contribution in [0.25, 0.3) is 0 Å². The Labute approximate surface area is 264 Å². The van der Waals surface area contributed by atoms with Crippen molar-refractivity contribution < 1.29 is 43.3 Å². The molecule has 0 aliphatic heterocycles. The molecule has 0 heterocycles. The van der Waals surface area contributed by atoms with E-state index in [4.69, 9.17) is 4.74 Å². The number of alkyl carbamates (subject to hydrolysis) is 1. The number of rotatable bonds is 18. The van der Waals surface area contributed by atoms with Crippen molar-refractivity contribution in [2.24, 2.45) is 17.8 Å². The lowest BCUT2D eigenvalue weighted by Gasteiger charge is -2.25. The van der Waals surface area contributed by atoms with E-state index in [9.17, 15) is 33.9 Å². The van der Waals surface area contributed by atoms with Crippen molar-refractivity contribution in [3.8, 4) is 5.75 Å². The third-order valence-corrected chi connectivity index (χ3v) is 7.57. The molecule has 2 rings (SSSR count). The third-order valence-electron chi connectivity index (χ3n) is 7.57. The Morgan fingerprint density at radius 1 is 0.778 bits per heavy atom. The fourth-order valence-electron chi connectivity index (χ4n) is 4.70. The van der Waals surface area contributed by atoms with Crippen LogP contribution in [-0.2, 0) is 46.5 Å². The van der Waals surface area contributed by atoms with Crippen molar-refractivity contribution in [1.82, 2.24) is 10.6 Å². The number of nitrogens with one attached hydrogen (secondary N) is 2. The number of hydrogen-bond donors (Lipinski definition) is 3. The number of amides is 2. The van der Waals surface area contributed by atoms with Gasteiger partial charge in [-0.05, 0) is 42.5 Å². The number of aromatic hydroxyl groups is 1. The van der Waals surface area contributed by atoms with Crippen LogP contribution >= 0.6 is 0 Å². The number of methoxy groups -OCH3 is 1. The summed E-state index contributed by atoms with van der Waals surface area (Å²) in [5, 5.41) is 14.9. The maximum absolute atomic E-state index is 13.6. The lowest BCUT2D eigenvalue weighted by molar-refractivity contribution is -0.144. The van der Waals surface area contributed by atoms with E-state index in [0.29, 0.717) is 5.56 Å². The highest BCUT2D eigenvalue weighted by Gasteiger charge is 2.32. The van der Waals surface area contributed by atoms with Crippen molar-refractivity contribution in [2.45, 2.75) is 78.5 Å². The molecule has 11 nitrogen and oxygen atoms in total. The summed E-state index contributed by atoms with van der Waals surface area (Å²) in [7, 11) is 1.20. The van der Waals surface area contributed by atoms with E-state index < -0.39 is 53.5 Å². The van der Waals surface area contributed by atoms with E-state index in [1.165, 1.54) is 26.2 Å². The highest BCUT2D eigenvalue weighted by molar-refractivity contribution is 5.96. The smallest absolute Gasteiger partial charge is 0.408 e. The third kappa shape index (κ3) is 12.5. The van der Waals surface area contributed by atoms with Crippen LogP contribution in [0.3, 0.4) is 0 Å². The standard InChI is InChI=1S/C34H44N2O9/c1-6-29(38)25(18-32(41)44-5)17-30(39)22(4)35-33(42)27(21(2)3)19-31(40)28(16-23-12-14-26(37)15-13-23)36-34(43)45-20-24-10-8-7-9-11-24/h7-15,21-22,25,27-28,37H,6,16-20H2,1-5H3,(H,35,42)(H,36,43). The Balaban J connectivity index is 2.13. The molecule has 244 valence electrons. The van der Waals surface area contributed by atoms with Crippen LogP contribution in [0.4, 0.5) is 4.79 Å². The summed E-state index contributed by atoms with van der Waals surface area (Å²) in [6.07, 6.45) is -1.27. The lowest BCUT2D eigenvalue weighted by atomic mass is 9.86. The van der Waals surface area contributed by atoms with Gasteiger partial charge in [-0.25, -0.2) is 4.79 Å². The Morgan fingerprint density at radius 3 is 2.00 bits per heavy atom. The molecule has 4 unspecified atom stereocenters. The van der Waals surface area contributed by atoms with Crippen molar-refractivity contribution in [3.63, 3.8) is 0 Å². The molecular weight excluding hydrogens is 580 g/mol. The molecule has 0 spiro atoms. The van der Waals surface area contributed by atoms with E-state index >= 15 is 0 Å². The number of ketones is 3. The average Bonchev–Trinajstić information content (AvgIpc) is 3.02. The first-order valence-electron chi connectivity index (χ1n) is 15.0. The van der Waals surface area contributed by atoms with Gasteiger partial charge in [-0.15, -0.1) is 0 Å². The fraction of sp³-hybridized carbons (Fsp3) is 0.471. The Kier molecular flexibility index (Phi) is 14.9. The van der Waals surface area contributed by atoms with Gasteiger partial charge < -0.3 is 25.2 Å². The zero-order valence-electron chi connectivity index (χ0n) is 26.5. The van der Waals surface area contributed by atoms with Crippen LogP contribution in [0.1, 0.15) is 64.5 Å². The monoisotopic (exact) mass is 624 g/mol. The molecular formula is C34H44N2O9. The molecule has 0 saturated carbocycles. The first-order chi connectivity index (χ1) is 21.3. The minimum absolute atomic E-state index is 0.0000739. The van der Waals surface area contributed by atoms with Crippen molar-refractivity contribution in [2.75, 3.05) is 7.11 Å². The number of carbonyl (C=O) groups excluding carboxylic acids is 6. The molecule has 2 amide bonds. The van der Waals surface area contributed by atoms with Gasteiger partial charge in [0.15, 0.2) is 11.6 Å². The minimum Gasteiger partial charge on any atom is -0.508 e. The summed E-state index contributed by atoms with van der Waals surface area (Å²) >= 11 is 0. The minimum atomic E-state index is -1.04. The fourth-order valence-corrected chi connectivity index (χ4v) is 4.70. The zero-order valence-corrected chi connectivity index (χ0v) is 26.5. The molecule has 3 N–H and O–H groups in total. The van der Waals surface area contributed by atoms with Gasteiger partial charge in [0.2, 0.25) is 5.91 Å². The van der Waals surface area contributed by atoms with E-state index in [2.05, 4.69) is 15.4 Å². The normalized spacial score (nSPS) is 13.6. The number of esters is 1. The van der Waals surface area contributed by atoms with Crippen LogP contribution in [0.2, 0.25) is 0 Å². The van der Waals surface area contributed by atoms with Crippen LogP contribution in [0.15, 0.2) is 54.6 Å². The summed E-state index contributed by atoms with van der Waals surface area (Å²) in [6, 6.07) is 13.2. The SMILES string of the molecule is CCC(=O)C(CC(=O)OC)CC(=O)C(C)NC(=O)C(CC(=O)C(Cc1ccc(O)cc1)NC(=O)OCc1ccccc1)C(C)C. The van der Waals surface area contributed by atoms with Crippen LogP contribution in [-0.4, -0.2) is 59.6 Å². The van der Waals surface area contributed by atoms with Crippen molar-refractivity contribution in [3.05, 3.63) is 65.7 Å². The van der Waals surface area contributed by atoms with Gasteiger partial charge in [0.25, 0.3) is 0 Å². The Hall–Kier alpha value is -4.54. The number of Topliss-reactive ketones (excluding diaryl/α,β-unsaturated/α-hetero) is 3. The molecule has 0 fully saturated rings. The van der Waals surface area contributed by atoms with Crippen LogP contribution in [0.5, 0.6) is 5.75 Å². The molecule has 2 aromatic rings. The molecule has 2 aromatic carbocycles. The molecule has 4 atom stereocenters. The maximum Gasteiger partial charge on any atom is 0.408 e. The second-order valence-corrected chi connectivity index (χ2v) is 11.3. The van der Waals surface area contributed by atoms with Gasteiger partial charge >= 0.3 is 12.1 Å². The summed E-state index contributed by atoms with van der Waals surface area (Å²) in [6.45, 7) is 6.67. The number of benzene rings is 2. The summed E-state index contributed by atoms with van der Waals surface area (Å²) in [4.78, 5) is 76.7. The second-order valence-electron chi connectivity index (χ2n) is 11.3. The van der Waals surface area contributed by atoms with Gasteiger partial charge in [-0.2, -0.15) is 0 Å². The molecule has 0 saturated heterocycles. The topological polar surface area (TPSA) is 165 Å². The molecule has 0 bridgehead atoms. The van der Waals surface area contributed by atoms with E-state index in [1.807, 2.05) is 18.2 Å². The van der Waals surface area contributed by atoms with E-state index in [1.54, 1.807) is 45.0 Å². The van der Waals surface area contributed by atoms with Gasteiger partial charge in [0, 0.05) is 31.1 Å². The highest BCUT2D eigenvalue weighted by Crippen LogP contribution is 2.21.